The van der Waals surface area contributed by atoms with Gasteiger partial charge in [0.05, 0.1) is 0 Å². The molecule has 2 rings (SSSR count). The summed E-state index contributed by atoms with van der Waals surface area (Å²) in [6.45, 7) is 1.98. The predicted octanol–water partition coefficient (Wildman–Crippen LogP) is -0.885. The van der Waals surface area contributed by atoms with E-state index in [2.05, 4.69) is 5.32 Å². The van der Waals surface area contributed by atoms with Crippen molar-refractivity contribution in [1.82, 2.24) is 5.32 Å². The summed E-state index contributed by atoms with van der Waals surface area (Å²) < 4.78 is 5.68. The Labute approximate surface area is 127 Å². The van der Waals surface area contributed by atoms with Crippen LogP contribution < -0.4 is 61.4 Å². The Balaban J connectivity index is 0.000000980. The largest absolute Gasteiger partial charge is 1.00 e. The molecule has 0 saturated carbocycles. The van der Waals surface area contributed by atoms with Crippen molar-refractivity contribution >= 4 is 5.69 Å². The molecule has 2 N–H and O–H groups in total. The van der Waals surface area contributed by atoms with Crippen LogP contribution in [0.3, 0.4) is 0 Å². The Morgan fingerprint density at radius 3 is 2.57 bits per heavy atom. The average Bonchev–Trinajstić information content (AvgIpc) is 2.62. The van der Waals surface area contributed by atoms with E-state index >= 15 is 0 Å². The summed E-state index contributed by atoms with van der Waals surface area (Å²) in [5.41, 5.74) is 7.83. The zero-order valence-corrected chi connectivity index (χ0v) is 11.5. The Hall–Kier alpha value is 0.416. The van der Waals surface area contributed by atoms with Crippen LogP contribution in [0.4, 0.5) is 5.69 Å². The normalized spacial score (nSPS) is 20.1. The van der Waals surface area contributed by atoms with Crippen LogP contribution in [-0.4, -0.2) is 19.2 Å². The molecule has 0 spiro atoms. The van der Waals surface area contributed by atoms with Crippen LogP contribution in [-0.2, 0) is 0 Å². The number of rotatable bonds is 2. The second-order valence-corrected chi connectivity index (χ2v) is 3.26. The molecular formula is C10H13KN2O. The molecule has 0 aromatic heterocycles. The third-order valence-corrected chi connectivity index (χ3v) is 2.17. The fraction of sp³-hybridized carbons (Fsp3) is 0.400. The van der Waals surface area contributed by atoms with Crippen LogP contribution >= 0.6 is 0 Å². The van der Waals surface area contributed by atoms with Crippen molar-refractivity contribution in [2.75, 3.05) is 13.1 Å². The van der Waals surface area contributed by atoms with Crippen LogP contribution in [0, 0.1) is 0 Å². The van der Waals surface area contributed by atoms with Gasteiger partial charge in [-0.1, -0.05) is 12.1 Å². The second kappa shape index (κ2) is 6.10. The van der Waals surface area contributed by atoms with Crippen molar-refractivity contribution in [2.45, 2.75) is 12.5 Å². The summed E-state index contributed by atoms with van der Waals surface area (Å²) in [4.78, 5) is 0. The fourth-order valence-corrected chi connectivity index (χ4v) is 1.45. The van der Waals surface area contributed by atoms with Crippen LogP contribution in [0.1, 0.15) is 6.42 Å². The van der Waals surface area contributed by atoms with E-state index in [-0.39, 0.29) is 51.4 Å². The minimum atomic E-state index is 0. The molecule has 1 aromatic rings. The van der Waals surface area contributed by atoms with E-state index < -0.39 is 0 Å². The van der Waals surface area contributed by atoms with E-state index in [1.54, 1.807) is 12.1 Å². The van der Waals surface area contributed by atoms with Crippen molar-refractivity contribution in [3.63, 3.8) is 0 Å². The van der Waals surface area contributed by atoms with Crippen molar-refractivity contribution in [3.05, 3.63) is 30.0 Å². The van der Waals surface area contributed by atoms with Crippen LogP contribution in [0.15, 0.2) is 24.3 Å². The number of benzene rings is 1. The first-order valence-electron chi connectivity index (χ1n) is 4.53. The SMILES string of the molecule is [K+].[NH-]c1ccc(OC2CCNC2)cc1. The van der Waals surface area contributed by atoms with Crippen molar-refractivity contribution in [3.8, 4) is 5.75 Å². The summed E-state index contributed by atoms with van der Waals surface area (Å²) in [6.07, 6.45) is 1.37. The van der Waals surface area contributed by atoms with Gasteiger partial charge in [0, 0.05) is 6.54 Å². The fourth-order valence-electron chi connectivity index (χ4n) is 1.45. The predicted molar refractivity (Wildman–Crippen MR) is 52.3 cm³/mol. The van der Waals surface area contributed by atoms with Gasteiger partial charge in [0.2, 0.25) is 0 Å². The topological polar surface area (TPSA) is 45.1 Å². The number of nitrogens with one attached hydrogen (secondary N) is 2. The van der Waals surface area contributed by atoms with E-state index in [0.29, 0.717) is 11.8 Å². The zero-order chi connectivity index (χ0) is 9.10. The van der Waals surface area contributed by atoms with Crippen LogP contribution in [0.25, 0.3) is 5.73 Å². The Morgan fingerprint density at radius 1 is 1.29 bits per heavy atom. The molecule has 0 bridgehead atoms. The number of ether oxygens (including phenoxy) is 1. The van der Waals surface area contributed by atoms with Crippen molar-refractivity contribution < 1.29 is 56.1 Å². The third kappa shape index (κ3) is 3.53. The van der Waals surface area contributed by atoms with Gasteiger partial charge in [-0.15, -0.1) is 5.69 Å². The summed E-state index contributed by atoms with van der Waals surface area (Å²) >= 11 is 0. The maximum absolute atomic E-state index is 7.31. The molecule has 70 valence electrons. The molecule has 1 heterocycles. The van der Waals surface area contributed by atoms with Crippen LogP contribution in [0.5, 0.6) is 5.75 Å². The Bertz CT molecular complexity index is 270. The molecule has 1 aromatic carbocycles. The van der Waals surface area contributed by atoms with E-state index in [9.17, 15) is 0 Å². The molecule has 14 heavy (non-hydrogen) atoms. The average molecular weight is 216 g/mol. The molecule has 1 unspecified atom stereocenters. The van der Waals surface area contributed by atoms with Gasteiger partial charge >= 0.3 is 51.4 Å². The maximum Gasteiger partial charge on any atom is 1.00 e. The van der Waals surface area contributed by atoms with Gasteiger partial charge in [-0.2, -0.15) is 0 Å². The summed E-state index contributed by atoms with van der Waals surface area (Å²) in [7, 11) is 0. The molecule has 0 aliphatic carbocycles. The molecule has 1 aliphatic heterocycles. The minimum absolute atomic E-state index is 0. The molecular weight excluding hydrogens is 203 g/mol. The van der Waals surface area contributed by atoms with Gasteiger partial charge in [0.25, 0.3) is 0 Å². The Morgan fingerprint density at radius 2 is 2.00 bits per heavy atom. The number of hydrogen-bond acceptors (Lipinski definition) is 2. The van der Waals surface area contributed by atoms with E-state index in [1.807, 2.05) is 12.1 Å². The first-order valence-corrected chi connectivity index (χ1v) is 4.53. The Kier molecular flexibility index (Phi) is 5.44. The molecule has 0 radical (unpaired) electrons. The maximum atomic E-state index is 7.31. The van der Waals surface area contributed by atoms with Crippen molar-refractivity contribution in [2.24, 2.45) is 0 Å². The smallest absolute Gasteiger partial charge is 0.699 e. The van der Waals surface area contributed by atoms with Crippen LogP contribution in [0.2, 0.25) is 0 Å². The molecule has 1 aliphatic rings. The molecule has 4 heteroatoms. The summed E-state index contributed by atoms with van der Waals surface area (Å²) in [5, 5.41) is 3.24. The minimum Gasteiger partial charge on any atom is -0.699 e. The zero-order valence-electron chi connectivity index (χ0n) is 8.42. The molecule has 1 saturated heterocycles. The molecule has 1 fully saturated rings. The summed E-state index contributed by atoms with van der Waals surface area (Å²) in [6, 6.07) is 7.19. The molecule has 0 amide bonds. The monoisotopic (exact) mass is 216 g/mol. The molecule has 3 nitrogen and oxygen atoms in total. The first-order chi connectivity index (χ1) is 6.34. The quantitative estimate of drug-likeness (QED) is 0.652. The van der Waals surface area contributed by atoms with E-state index in [0.717, 1.165) is 25.3 Å². The van der Waals surface area contributed by atoms with Gasteiger partial charge in [-0.3, -0.25) is 0 Å². The second-order valence-electron chi connectivity index (χ2n) is 3.26. The van der Waals surface area contributed by atoms with Crippen molar-refractivity contribution in [1.29, 1.82) is 0 Å². The van der Waals surface area contributed by atoms with Gasteiger partial charge in [0.1, 0.15) is 11.9 Å². The third-order valence-electron chi connectivity index (χ3n) is 2.17. The summed E-state index contributed by atoms with van der Waals surface area (Å²) in [5.74, 6) is 0.865. The number of hydrogen-bond donors (Lipinski definition) is 1. The van der Waals surface area contributed by atoms with E-state index in [4.69, 9.17) is 10.5 Å². The first kappa shape index (κ1) is 12.5. The van der Waals surface area contributed by atoms with Gasteiger partial charge in [-0.05, 0) is 25.1 Å². The van der Waals surface area contributed by atoms with Gasteiger partial charge < -0.3 is 15.8 Å². The standard InChI is InChI=1S/C10H13N2O.K/c11-8-1-3-9(4-2-8)13-10-5-6-12-7-10;/h1-4,10-12H,5-7H2;/q-1;+1. The van der Waals surface area contributed by atoms with Gasteiger partial charge in [-0.25, -0.2) is 0 Å². The van der Waals surface area contributed by atoms with E-state index in [1.165, 1.54) is 0 Å². The van der Waals surface area contributed by atoms with Gasteiger partial charge in [0.15, 0.2) is 0 Å². The molecule has 1 atom stereocenters.